The largest absolute Gasteiger partial charge is 0.379 e. The quantitative estimate of drug-likeness (QED) is 0.698. The minimum absolute atomic E-state index is 0.0153. The van der Waals surface area contributed by atoms with E-state index in [2.05, 4.69) is 20.4 Å². The van der Waals surface area contributed by atoms with E-state index in [0.29, 0.717) is 30.4 Å². The maximum Gasteiger partial charge on any atom is 0.255 e. The summed E-state index contributed by atoms with van der Waals surface area (Å²) >= 11 is 0. The molecule has 30 heavy (non-hydrogen) atoms. The van der Waals surface area contributed by atoms with Gasteiger partial charge in [-0.1, -0.05) is 13.8 Å². The zero-order valence-corrected chi connectivity index (χ0v) is 17.2. The molecule has 4 rings (SSSR count). The van der Waals surface area contributed by atoms with E-state index in [-0.39, 0.29) is 23.7 Å². The molecule has 1 amide bonds. The van der Waals surface area contributed by atoms with E-state index in [4.69, 9.17) is 4.74 Å². The zero-order chi connectivity index (χ0) is 21.3. The van der Waals surface area contributed by atoms with Crippen molar-refractivity contribution in [1.82, 2.24) is 25.1 Å². The Balaban J connectivity index is 1.72. The van der Waals surface area contributed by atoms with Gasteiger partial charge >= 0.3 is 0 Å². The van der Waals surface area contributed by atoms with Crippen LogP contribution in [0.25, 0.3) is 17.2 Å². The molecule has 0 bridgehead atoms. The highest BCUT2D eigenvalue weighted by Crippen LogP contribution is 2.25. The summed E-state index contributed by atoms with van der Waals surface area (Å²) in [6.45, 7) is 7.08. The Kier molecular flexibility index (Phi) is 5.59. The molecule has 0 saturated carbocycles. The highest BCUT2D eigenvalue weighted by molar-refractivity contribution is 5.95. The lowest BCUT2D eigenvalue weighted by molar-refractivity contribution is 0.0928. The number of nitrogens with zero attached hydrogens (tertiary/aromatic N) is 4. The minimum Gasteiger partial charge on any atom is -0.379 e. The van der Waals surface area contributed by atoms with E-state index in [1.165, 1.54) is 12.1 Å². The van der Waals surface area contributed by atoms with E-state index in [1.807, 2.05) is 20.8 Å². The molecular formula is C22H24FN5O2. The Morgan fingerprint density at radius 2 is 2.03 bits per heavy atom. The first kappa shape index (κ1) is 20.2. The second-order valence-corrected chi connectivity index (χ2v) is 7.75. The molecule has 1 aromatic carbocycles. The Bertz CT molecular complexity index is 1060. The van der Waals surface area contributed by atoms with Crippen LogP contribution in [0.15, 0.2) is 36.7 Å². The summed E-state index contributed by atoms with van der Waals surface area (Å²) in [5, 5.41) is 7.43. The second kappa shape index (κ2) is 8.31. The van der Waals surface area contributed by atoms with Crippen molar-refractivity contribution in [2.75, 3.05) is 13.2 Å². The van der Waals surface area contributed by atoms with Crippen LogP contribution in [-0.2, 0) is 4.74 Å². The topological polar surface area (TPSA) is 81.9 Å². The number of aromatic nitrogens is 4. The molecule has 0 spiro atoms. The molecule has 1 saturated heterocycles. The smallest absolute Gasteiger partial charge is 0.255 e. The summed E-state index contributed by atoms with van der Waals surface area (Å²) in [5.41, 5.74) is 3.59. The molecule has 3 heterocycles. The van der Waals surface area contributed by atoms with Gasteiger partial charge in [0.1, 0.15) is 5.82 Å². The minimum atomic E-state index is -0.303. The molecule has 1 N–H and O–H groups in total. The maximum absolute atomic E-state index is 13.3. The number of carbonyl (C=O) groups is 1. The summed E-state index contributed by atoms with van der Waals surface area (Å²) in [7, 11) is 0. The normalized spacial score (nSPS) is 16.2. The van der Waals surface area contributed by atoms with Gasteiger partial charge in [0.2, 0.25) is 0 Å². The van der Waals surface area contributed by atoms with Gasteiger partial charge in [-0.2, -0.15) is 5.10 Å². The van der Waals surface area contributed by atoms with Crippen molar-refractivity contribution in [3.8, 4) is 17.2 Å². The standard InChI is InChI=1S/C22H24FN5O2/c1-13(2)20-18(21(29)26-17-8-9-30-12-17)11-25-28(20)22-24-10-14(3)19(27-22)15-4-6-16(23)7-5-15/h4-7,10-11,13,17H,8-9,12H2,1-3H3,(H,26,29). The number of amides is 1. The van der Waals surface area contributed by atoms with Gasteiger partial charge in [0, 0.05) is 18.4 Å². The number of nitrogens with one attached hydrogen (secondary N) is 1. The van der Waals surface area contributed by atoms with Crippen molar-refractivity contribution in [2.24, 2.45) is 0 Å². The van der Waals surface area contributed by atoms with Gasteiger partial charge in [0.25, 0.3) is 11.9 Å². The number of rotatable bonds is 5. The SMILES string of the molecule is Cc1cnc(-n2ncc(C(=O)NC3CCOC3)c2C(C)C)nc1-c1ccc(F)cc1. The number of ether oxygens (including phenoxy) is 1. The van der Waals surface area contributed by atoms with Gasteiger partial charge in [-0.15, -0.1) is 0 Å². The van der Waals surface area contributed by atoms with Crippen LogP contribution in [-0.4, -0.2) is 44.9 Å². The predicted octanol–water partition coefficient (Wildman–Crippen LogP) is 3.42. The van der Waals surface area contributed by atoms with Crippen molar-refractivity contribution in [2.45, 2.75) is 39.2 Å². The molecule has 2 aromatic heterocycles. The molecule has 1 aliphatic heterocycles. The third-order valence-corrected chi connectivity index (χ3v) is 5.13. The highest BCUT2D eigenvalue weighted by atomic mass is 19.1. The first-order valence-corrected chi connectivity index (χ1v) is 10.0. The number of hydrogen-bond donors (Lipinski definition) is 1. The average Bonchev–Trinajstić information content (AvgIpc) is 3.39. The second-order valence-electron chi connectivity index (χ2n) is 7.75. The average molecular weight is 409 g/mol. The monoisotopic (exact) mass is 409 g/mol. The molecule has 8 heteroatoms. The lowest BCUT2D eigenvalue weighted by Gasteiger charge is -2.14. The van der Waals surface area contributed by atoms with Gasteiger partial charge in [-0.25, -0.2) is 19.0 Å². The molecule has 1 fully saturated rings. The summed E-state index contributed by atoms with van der Waals surface area (Å²) in [6.07, 6.45) is 4.07. The highest BCUT2D eigenvalue weighted by Gasteiger charge is 2.25. The Morgan fingerprint density at radius 1 is 1.27 bits per heavy atom. The van der Waals surface area contributed by atoms with E-state index in [0.717, 1.165) is 23.2 Å². The van der Waals surface area contributed by atoms with Gasteiger partial charge in [-0.3, -0.25) is 4.79 Å². The molecule has 0 aliphatic carbocycles. The molecule has 7 nitrogen and oxygen atoms in total. The third-order valence-electron chi connectivity index (χ3n) is 5.13. The van der Waals surface area contributed by atoms with Gasteiger partial charge < -0.3 is 10.1 Å². The lowest BCUT2D eigenvalue weighted by atomic mass is 10.0. The van der Waals surface area contributed by atoms with Crippen LogP contribution >= 0.6 is 0 Å². The molecule has 1 atom stereocenters. The van der Waals surface area contributed by atoms with Crippen molar-refractivity contribution < 1.29 is 13.9 Å². The van der Waals surface area contributed by atoms with Crippen LogP contribution < -0.4 is 5.32 Å². The maximum atomic E-state index is 13.3. The summed E-state index contributed by atoms with van der Waals surface area (Å²) < 4.78 is 20.3. The van der Waals surface area contributed by atoms with Crippen molar-refractivity contribution >= 4 is 5.91 Å². The fraction of sp³-hybridized carbons (Fsp3) is 0.364. The van der Waals surface area contributed by atoms with Crippen LogP contribution in [0, 0.1) is 12.7 Å². The fourth-order valence-electron chi connectivity index (χ4n) is 3.59. The van der Waals surface area contributed by atoms with Crippen LogP contribution in [0.4, 0.5) is 4.39 Å². The molecule has 0 radical (unpaired) electrons. The molecule has 1 unspecified atom stereocenters. The lowest BCUT2D eigenvalue weighted by Crippen LogP contribution is -2.35. The first-order chi connectivity index (χ1) is 14.4. The van der Waals surface area contributed by atoms with Crippen molar-refractivity contribution in [1.29, 1.82) is 0 Å². The molecular weight excluding hydrogens is 385 g/mol. The van der Waals surface area contributed by atoms with Crippen molar-refractivity contribution in [3.63, 3.8) is 0 Å². The van der Waals surface area contributed by atoms with Crippen LogP contribution in [0.2, 0.25) is 0 Å². The van der Waals surface area contributed by atoms with E-state index < -0.39 is 0 Å². The van der Waals surface area contributed by atoms with Gasteiger partial charge in [0.15, 0.2) is 0 Å². The summed E-state index contributed by atoms with van der Waals surface area (Å²) in [4.78, 5) is 22.0. The number of benzene rings is 1. The van der Waals surface area contributed by atoms with Crippen LogP contribution in [0.3, 0.4) is 0 Å². The summed E-state index contributed by atoms with van der Waals surface area (Å²) in [5.74, 6) is -0.0892. The fourth-order valence-corrected chi connectivity index (χ4v) is 3.59. The Hall–Kier alpha value is -3.13. The number of hydrogen-bond acceptors (Lipinski definition) is 5. The number of carbonyl (C=O) groups excluding carboxylic acids is 1. The summed E-state index contributed by atoms with van der Waals surface area (Å²) in [6, 6.07) is 6.19. The van der Waals surface area contributed by atoms with Crippen LogP contribution in [0.5, 0.6) is 0 Å². The van der Waals surface area contributed by atoms with E-state index >= 15 is 0 Å². The van der Waals surface area contributed by atoms with Crippen molar-refractivity contribution in [3.05, 3.63) is 59.3 Å². The van der Waals surface area contributed by atoms with E-state index in [9.17, 15) is 9.18 Å². The molecule has 1 aliphatic rings. The number of aryl methyl sites for hydroxylation is 1. The zero-order valence-electron chi connectivity index (χ0n) is 17.2. The Labute approximate surface area is 174 Å². The first-order valence-electron chi connectivity index (χ1n) is 10.0. The predicted molar refractivity (Wildman–Crippen MR) is 110 cm³/mol. The molecule has 156 valence electrons. The van der Waals surface area contributed by atoms with E-state index in [1.54, 1.807) is 29.2 Å². The third kappa shape index (κ3) is 3.95. The van der Waals surface area contributed by atoms with Crippen LogP contribution in [0.1, 0.15) is 47.8 Å². The van der Waals surface area contributed by atoms with Gasteiger partial charge in [-0.05, 0) is 49.1 Å². The molecule has 3 aromatic rings. The Morgan fingerprint density at radius 3 is 2.70 bits per heavy atom. The number of halogens is 1. The van der Waals surface area contributed by atoms with Gasteiger partial charge in [0.05, 0.1) is 35.8 Å².